The van der Waals surface area contributed by atoms with Gasteiger partial charge in [-0.05, 0) is 24.6 Å². The molecule has 0 spiro atoms. The van der Waals surface area contributed by atoms with Crippen molar-refractivity contribution in [2.24, 2.45) is 0 Å². The molecule has 0 saturated heterocycles. The fraction of sp³-hybridized carbons (Fsp3) is 0.333. The van der Waals surface area contributed by atoms with Gasteiger partial charge in [-0.15, -0.1) is 0 Å². The number of nitrogens with one attached hydrogen (secondary N) is 1. The molecule has 0 aliphatic carbocycles. The van der Waals surface area contributed by atoms with E-state index in [-0.39, 0.29) is 18.5 Å². The highest BCUT2D eigenvalue weighted by Crippen LogP contribution is 2.12. The maximum Gasteiger partial charge on any atom is 0.329 e. The normalized spacial score (nSPS) is 11.9. The van der Waals surface area contributed by atoms with Gasteiger partial charge in [-0.3, -0.25) is 4.79 Å². The van der Waals surface area contributed by atoms with Gasteiger partial charge in [0, 0.05) is 0 Å². The van der Waals surface area contributed by atoms with Gasteiger partial charge in [0.05, 0.1) is 6.04 Å². The third-order valence-corrected chi connectivity index (χ3v) is 2.21. The van der Waals surface area contributed by atoms with Crippen LogP contribution in [-0.2, 0) is 14.3 Å². The number of rotatable bonds is 6. The molecule has 0 saturated carbocycles. The van der Waals surface area contributed by atoms with Crippen molar-refractivity contribution in [2.75, 3.05) is 13.2 Å². The Morgan fingerprint density at radius 2 is 1.94 bits per heavy atom. The predicted molar refractivity (Wildman–Crippen MR) is 61.4 cm³/mol. The number of carbonyl (C=O) groups is 2. The van der Waals surface area contributed by atoms with E-state index in [1.165, 1.54) is 12.1 Å². The van der Waals surface area contributed by atoms with Crippen LogP contribution in [0.15, 0.2) is 24.3 Å². The van der Waals surface area contributed by atoms with Crippen LogP contribution in [0.4, 0.5) is 4.39 Å². The van der Waals surface area contributed by atoms with E-state index in [9.17, 15) is 14.0 Å². The lowest BCUT2D eigenvalue weighted by Gasteiger charge is -2.14. The summed E-state index contributed by atoms with van der Waals surface area (Å²) in [5, 5.41) is 10.9. The molecule has 0 radical (unpaired) electrons. The van der Waals surface area contributed by atoms with Crippen LogP contribution in [0.1, 0.15) is 18.5 Å². The summed E-state index contributed by atoms with van der Waals surface area (Å²) in [6.45, 7) is 0.901. The van der Waals surface area contributed by atoms with Crippen molar-refractivity contribution in [2.45, 2.75) is 13.0 Å². The molecule has 18 heavy (non-hydrogen) atoms. The number of carbonyl (C=O) groups excluding carboxylic acids is 1. The molecule has 0 unspecified atom stereocenters. The van der Waals surface area contributed by atoms with E-state index in [0.717, 1.165) is 5.56 Å². The molecule has 0 fully saturated rings. The van der Waals surface area contributed by atoms with Crippen molar-refractivity contribution >= 4 is 11.9 Å². The van der Waals surface area contributed by atoms with Crippen molar-refractivity contribution in [3.8, 4) is 0 Å². The number of ether oxygens (including phenoxy) is 1. The lowest BCUT2D eigenvalue weighted by Crippen LogP contribution is -2.30. The monoisotopic (exact) mass is 255 g/mol. The summed E-state index contributed by atoms with van der Waals surface area (Å²) in [4.78, 5) is 21.5. The SMILES string of the molecule is C[C@@H](NC(=O)COCC(=O)O)c1ccc(F)cc1. The molecule has 0 aliphatic heterocycles. The standard InChI is InChI=1S/C12H14FNO4/c1-8(9-2-4-10(13)5-3-9)14-11(15)6-18-7-12(16)17/h2-5,8H,6-7H2,1H3,(H,14,15)(H,16,17)/t8-/m1/s1. The Hall–Kier alpha value is -1.95. The maximum atomic E-state index is 12.7. The van der Waals surface area contributed by atoms with E-state index < -0.39 is 18.5 Å². The number of benzene rings is 1. The Morgan fingerprint density at radius 1 is 1.33 bits per heavy atom. The van der Waals surface area contributed by atoms with E-state index in [0.29, 0.717) is 0 Å². The van der Waals surface area contributed by atoms with E-state index in [4.69, 9.17) is 5.11 Å². The van der Waals surface area contributed by atoms with Gasteiger partial charge in [0.15, 0.2) is 0 Å². The van der Waals surface area contributed by atoms with E-state index in [2.05, 4.69) is 10.1 Å². The first kappa shape index (κ1) is 14.1. The first-order valence-corrected chi connectivity index (χ1v) is 5.33. The molecular formula is C12H14FNO4. The molecule has 2 N–H and O–H groups in total. The number of hydrogen-bond acceptors (Lipinski definition) is 3. The highest BCUT2D eigenvalue weighted by atomic mass is 19.1. The summed E-state index contributed by atoms with van der Waals surface area (Å²) in [5.41, 5.74) is 0.753. The Labute approximate surface area is 104 Å². The van der Waals surface area contributed by atoms with Gasteiger partial charge in [-0.25, -0.2) is 9.18 Å². The minimum atomic E-state index is -1.13. The molecule has 0 aromatic heterocycles. The second-order valence-electron chi connectivity index (χ2n) is 3.73. The number of hydrogen-bond donors (Lipinski definition) is 2. The molecule has 98 valence electrons. The Kier molecular flexibility index (Phi) is 5.26. The fourth-order valence-electron chi connectivity index (χ4n) is 1.35. The Morgan fingerprint density at radius 3 is 2.50 bits per heavy atom. The molecule has 0 aliphatic rings. The molecule has 1 aromatic carbocycles. The van der Waals surface area contributed by atoms with Gasteiger partial charge >= 0.3 is 5.97 Å². The van der Waals surface area contributed by atoms with Crippen molar-refractivity contribution in [3.05, 3.63) is 35.6 Å². The van der Waals surface area contributed by atoms with Crippen LogP contribution in [0.25, 0.3) is 0 Å². The maximum absolute atomic E-state index is 12.7. The minimum Gasteiger partial charge on any atom is -0.480 e. The summed E-state index contributed by atoms with van der Waals surface area (Å²) in [6.07, 6.45) is 0. The smallest absolute Gasteiger partial charge is 0.329 e. The number of carboxylic acid groups (broad SMARTS) is 1. The van der Waals surface area contributed by atoms with Crippen LogP contribution in [0, 0.1) is 5.82 Å². The fourth-order valence-corrected chi connectivity index (χ4v) is 1.35. The molecule has 1 rings (SSSR count). The van der Waals surface area contributed by atoms with Crippen LogP contribution in [0.2, 0.25) is 0 Å². The lowest BCUT2D eigenvalue weighted by atomic mass is 10.1. The summed E-state index contributed by atoms with van der Waals surface area (Å²) in [6, 6.07) is 5.45. The zero-order valence-electron chi connectivity index (χ0n) is 9.85. The molecule has 1 atom stereocenters. The summed E-state index contributed by atoms with van der Waals surface area (Å²) >= 11 is 0. The number of aliphatic carboxylic acids is 1. The quantitative estimate of drug-likeness (QED) is 0.798. The van der Waals surface area contributed by atoms with E-state index in [1.54, 1.807) is 19.1 Å². The van der Waals surface area contributed by atoms with Gasteiger partial charge in [0.25, 0.3) is 0 Å². The molecule has 6 heteroatoms. The molecule has 1 amide bonds. The van der Waals surface area contributed by atoms with E-state index in [1.807, 2.05) is 0 Å². The van der Waals surface area contributed by atoms with Gasteiger partial charge < -0.3 is 15.2 Å². The minimum absolute atomic E-state index is 0.300. The summed E-state index contributed by atoms with van der Waals surface area (Å²) in [5.74, 6) is -1.90. The molecule has 0 heterocycles. The average molecular weight is 255 g/mol. The molecule has 5 nitrogen and oxygen atoms in total. The second kappa shape index (κ2) is 6.70. The largest absolute Gasteiger partial charge is 0.480 e. The summed E-state index contributed by atoms with van der Waals surface area (Å²) in [7, 11) is 0. The van der Waals surface area contributed by atoms with Crippen molar-refractivity contribution < 1.29 is 23.8 Å². The Bertz CT molecular complexity index is 419. The van der Waals surface area contributed by atoms with Crippen molar-refractivity contribution in [3.63, 3.8) is 0 Å². The van der Waals surface area contributed by atoms with Crippen LogP contribution in [0.5, 0.6) is 0 Å². The van der Waals surface area contributed by atoms with Crippen molar-refractivity contribution in [1.29, 1.82) is 0 Å². The van der Waals surface area contributed by atoms with Crippen LogP contribution in [-0.4, -0.2) is 30.2 Å². The molecule has 1 aromatic rings. The predicted octanol–water partition coefficient (Wildman–Crippen LogP) is 1.10. The first-order chi connectivity index (χ1) is 8.49. The third-order valence-electron chi connectivity index (χ3n) is 2.21. The van der Waals surface area contributed by atoms with Crippen LogP contribution in [0.3, 0.4) is 0 Å². The van der Waals surface area contributed by atoms with Crippen LogP contribution < -0.4 is 5.32 Å². The van der Waals surface area contributed by atoms with Gasteiger partial charge in [0.1, 0.15) is 19.0 Å². The van der Waals surface area contributed by atoms with Gasteiger partial charge in [-0.1, -0.05) is 12.1 Å². The lowest BCUT2D eigenvalue weighted by molar-refractivity contribution is -0.143. The first-order valence-electron chi connectivity index (χ1n) is 5.33. The summed E-state index contributed by atoms with van der Waals surface area (Å²) < 4.78 is 17.3. The number of carboxylic acids is 1. The third kappa shape index (κ3) is 4.92. The van der Waals surface area contributed by atoms with Crippen LogP contribution >= 0.6 is 0 Å². The topological polar surface area (TPSA) is 75.6 Å². The number of halogens is 1. The number of amides is 1. The van der Waals surface area contributed by atoms with E-state index >= 15 is 0 Å². The molecular weight excluding hydrogens is 241 g/mol. The highest BCUT2D eigenvalue weighted by Gasteiger charge is 2.10. The van der Waals surface area contributed by atoms with Crippen molar-refractivity contribution in [1.82, 2.24) is 5.32 Å². The van der Waals surface area contributed by atoms with Gasteiger partial charge in [0.2, 0.25) is 5.91 Å². The second-order valence-corrected chi connectivity index (χ2v) is 3.73. The van der Waals surface area contributed by atoms with Gasteiger partial charge in [-0.2, -0.15) is 0 Å². The zero-order valence-corrected chi connectivity index (χ0v) is 9.85. The highest BCUT2D eigenvalue weighted by molar-refractivity contribution is 5.78. The molecule has 0 bridgehead atoms. The average Bonchev–Trinajstić information content (AvgIpc) is 2.29. The Balaban J connectivity index is 2.39. The zero-order chi connectivity index (χ0) is 13.5.